The Kier molecular flexibility index (Phi) is 6.66. The molecule has 8 heteroatoms. The van der Waals surface area contributed by atoms with E-state index in [1.54, 1.807) is 0 Å². The summed E-state index contributed by atoms with van der Waals surface area (Å²) >= 11 is 0. The molecular weight excluding hydrogens is 439 g/mol. The Morgan fingerprint density at radius 3 is 2.52 bits per heavy atom. The number of ether oxygens (including phenoxy) is 1. The summed E-state index contributed by atoms with van der Waals surface area (Å²) in [5.41, 5.74) is 8.87. The lowest BCUT2D eigenvalue weighted by atomic mass is 10.1. The summed E-state index contributed by atoms with van der Waals surface area (Å²) in [6.45, 7) is 5.28. The van der Waals surface area contributed by atoms with Crippen molar-refractivity contribution in [1.29, 1.82) is 0 Å². The van der Waals surface area contributed by atoms with Crippen molar-refractivity contribution in [3.63, 3.8) is 0 Å². The van der Waals surface area contributed by atoms with Gasteiger partial charge in [0.2, 0.25) is 0 Å². The van der Waals surface area contributed by atoms with Crippen LogP contribution in [0.5, 0.6) is 0 Å². The van der Waals surface area contributed by atoms with Crippen molar-refractivity contribution in [2.75, 3.05) is 32.0 Å². The second kappa shape index (κ2) is 9.02. The minimum atomic E-state index is -0.361. The zero-order valence-corrected chi connectivity index (χ0v) is 17.8. The standard InChI is InChI=1S/C21H23FN4O2.BrH/c1-15(24-10-12-28-13-11-24)26-19-5-3-2-4-18(19)25(21(26)23)14-20(27)16-6-8-17(22)9-7-16;/h2-9,15,23H,10-14H2,1H3;1H. The number of carbonyl (C=O) groups excluding carboxylic acids is 1. The molecule has 154 valence electrons. The van der Waals surface area contributed by atoms with E-state index in [9.17, 15) is 9.18 Å². The fraction of sp³-hybridized carbons (Fsp3) is 0.333. The predicted octanol–water partition coefficient (Wildman–Crippen LogP) is -0.612. The first-order chi connectivity index (χ1) is 13.6. The summed E-state index contributed by atoms with van der Waals surface area (Å²) in [4.78, 5) is 15.1. The predicted molar refractivity (Wildman–Crippen MR) is 104 cm³/mol. The van der Waals surface area contributed by atoms with E-state index in [2.05, 4.69) is 16.4 Å². The van der Waals surface area contributed by atoms with Crippen molar-refractivity contribution < 1.29 is 35.5 Å². The minimum Gasteiger partial charge on any atom is -1.00 e. The molecular formula is C21H24BrFN4O2. The molecule has 4 rings (SSSR count). The van der Waals surface area contributed by atoms with Crippen LogP contribution in [0.1, 0.15) is 23.4 Å². The third kappa shape index (κ3) is 4.19. The smallest absolute Gasteiger partial charge is 0.357 e. The van der Waals surface area contributed by atoms with Crippen molar-refractivity contribution >= 4 is 22.8 Å². The molecule has 1 atom stereocenters. The van der Waals surface area contributed by atoms with Gasteiger partial charge < -0.3 is 21.7 Å². The number of fused-ring (bicyclic) bond motifs is 1. The molecule has 2 heterocycles. The molecule has 1 saturated heterocycles. The van der Waals surface area contributed by atoms with Gasteiger partial charge >= 0.3 is 5.95 Å². The van der Waals surface area contributed by atoms with Crippen molar-refractivity contribution in [3.8, 4) is 0 Å². The number of morpholine rings is 1. The number of anilines is 1. The lowest BCUT2D eigenvalue weighted by Gasteiger charge is -2.31. The molecule has 0 bridgehead atoms. The molecule has 1 aliphatic rings. The second-order valence-electron chi connectivity index (χ2n) is 7.01. The molecule has 1 unspecified atom stereocenters. The monoisotopic (exact) mass is 462 g/mol. The van der Waals surface area contributed by atoms with Gasteiger partial charge in [0.15, 0.2) is 5.78 Å². The number of rotatable bonds is 5. The molecule has 0 spiro atoms. The number of nitrogens with zero attached hydrogens (tertiary/aromatic N) is 3. The van der Waals surface area contributed by atoms with Crippen LogP contribution in [0.25, 0.3) is 11.0 Å². The Balaban J connectivity index is 0.00000240. The van der Waals surface area contributed by atoms with Crippen LogP contribution in [0, 0.1) is 5.82 Å². The molecule has 3 aromatic rings. The lowest BCUT2D eigenvalue weighted by Crippen LogP contribution is -3.00. The Morgan fingerprint density at radius 2 is 1.83 bits per heavy atom. The number of aromatic nitrogens is 2. The molecule has 2 aromatic carbocycles. The molecule has 1 aliphatic heterocycles. The zero-order chi connectivity index (χ0) is 19.7. The van der Waals surface area contributed by atoms with E-state index in [1.165, 1.54) is 24.3 Å². The Hall–Kier alpha value is -2.29. The number of hydrogen-bond donors (Lipinski definition) is 1. The zero-order valence-electron chi connectivity index (χ0n) is 16.2. The van der Waals surface area contributed by atoms with Crippen molar-refractivity contribution in [3.05, 3.63) is 59.9 Å². The number of benzene rings is 2. The summed E-state index contributed by atoms with van der Waals surface area (Å²) < 4.78 is 22.5. The number of para-hydroxylation sites is 2. The quantitative estimate of drug-likeness (QED) is 0.405. The third-order valence-corrected chi connectivity index (χ3v) is 5.37. The second-order valence-corrected chi connectivity index (χ2v) is 7.01. The molecule has 0 radical (unpaired) electrons. The lowest BCUT2D eigenvalue weighted by molar-refractivity contribution is -0.643. The Bertz CT molecular complexity index is 1000. The summed E-state index contributed by atoms with van der Waals surface area (Å²) in [6, 6.07) is 13.5. The van der Waals surface area contributed by atoms with Gasteiger partial charge in [0, 0.05) is 18.7 Å². The summed E-state index contributed by atoms with van der Waals surface area (Å²) in [6.07, 6.45) is 0.0379. The van der Waals surface area contributed by atoms with Gasteiger partial charge in [-0.1, -0.05) is 12.1 Å². The van der Waals surface area contributed by atoms with Gasteiger partial charge in [-0.15, -0.1) is 0 Å². The number of nitrogen functional groups attached to an aromatic ring is 1. The highest BCUT2D eigenvalue weighted by atomic mass is 79.9. The maximum Gasteiger partial charge on any atom is 0.357 e. The van der Waals surface area contributed by atoms with Crippen LogP contribution in [0.4, 0.5) is 10.3 Å². The van der Waals surface area contributed by atoms with E-state index in [0.717, 1.165) is 24.1 Å². The molecule has 1 fully saturated rings. The molecule has 0 aliphatic carbocycles. The normalized spacial score (nSPS) is 15.8. The minimum absolute atomic E-state index is 0. The molecule has 1 aromatic heterocycles. The topological polar surface area (TPSA) is 64.4 Å². The van der Waals surface area contributed by atoms with Gasteiger partial charge in [-0.3, -0.25) is 15.4 Å². The molecule has 29 heavy (non-hydrogen) atoms. The van der Waals surface area contributed by atoms with Gasteiger partial charge in [-0.25, -0.2) is 13.5 Å². The summed E-state index contributed by atoms with van der Waals surface area (Å²) in [7, 11) is 0. The van der Waals surface area contributed by atoms with E-state index in [-0.39, 0.29) is 41.3 Å². The fourth-order valence-electron chi connectivity index (χ4n) is 3.82. The van der Waals surface area contributed by atoms with Crippen LogP contribution in [-0.4, -0.2) is 41.6 Å². The van der Waals surface area contributed by atoms with Gasteiger partial charge in [-0.05, 0) is 43.3 Å². The van der Waals surface area contributed by atoms with Crippen LogP contribution in [0.15, 0.2) is 48.5 Å². The molecule has 0 saturated carbocycles. The van der Waals surface area contributed by atoms with E-state index < -0.39 is 0 Å². The average molecular weight is 463 g/mol. The average Bonchev–Trinajstić information content (AvgIpc) is 3.00. The summed E-state index contributed by atoms with van der Waals surface area (Å²) in [5, 5.41) is 0. The highest BCUT2D eigenvalue weighted by Crippen LogP contribution is 2.24. The van der Waals surface area contributed by atoms with Crippen LogP contribution in [-0.2, 0) is 11.3 Å². The van der Waals surface area contributed by atoms with Crippen molar-refractivity contribution in [2.24, 2.45) is 0 Å². The number of Topliss-reactive ketones (excluding diaryl/α,β-unsaturated/α-hetero) is 1. The molecule has 6 nitrogen and oxygen atoms in total. The first kappa shape index (κ1) is 21.4. The SMILES string of the molecule is CC(N1CCOCC1)n1c(N)[n+](CC(=O)c2ccc(F)cc2)c2ccccc21.[Br-]. The van der Waals surface area contributed by atoms with E-state index in [4.69, 9.17) is 10.5 Å². The summed E-state index contributed by atoms with van der Waals surface area (Å²) in [5.74, 6) is 0.0499. The number of halogens is 2. The number of ketones is 1. The van der Waals surface area contributed by atoms with Gasteiger partial charge in [-0.2, -0.15) is 0 Å². The van der Waals surface area contributed by atoms with Crippen LogP contribution in [0.3, 0.4) is 0 Å². The first-order valence-electron chi connectivity index (χ1n) is 9.45. The van der Waals surface area contributed by atoms with E-state index in [1.807, 2.05) is 28.8 Å². The number of nitrogens with two attached hydrogens (primary N) is 1. The Labute approximate surface area is 179 Å². The molecule has 0 amide bonds. The van der Waals surface area contributed by atoms with Crippen LogP contribution < -0.4 is 27.3 Å². The molecule has 2 N–H and O–H groups in total. The first-order valence-corrected chi connectivity index (χ1v) is 9.45. The Morgan fingerprint density at radius 1 is 1.17 bits per heavy atom. The largest absolute Gasteiger partial charge is 1.00 e. The van der Waals surface area contributed by atoms with Gasteiger partial charge in [0.1, 0.15) is 29.6 Å². The maximum absolute atomic E-state index is 13.2. The van der Waals surface area contributed by atoms with E-state index in [0.29, 0.717) is 24.7 Å². The van der Waals surface area contributed by atoms with Gasteiger partial charge in [0.25, 0.3) is 0 Å². The highest BCUT2D eigenvalue weighted by Gasteiger charge is 2.30. The number of hydrogen-bond acceptors (Lipinski definition) is 4. The maximum atomic E-state index is 13.2. The third-order valence-electron chi connectivity index (χ3n) is 5.37. The number of carbonyl (C=O) groups is 1. The van der Waals surface area contributed by atoms with Crippen LogP contribution in [0.2, 0.25) is 0 Å². The van der Waals surface area contributed by atoms with Crippen molar-refractivity contribution in [2.45, 2.75) is 19.6 Å². The van der Waals surface area contributed by atoms with Crippen LogP contribution >= 0.6 is 0 Å². The van der Waals surface area contributed by atoms with Crippen molar-refractivity contribution in [1.82, 2.24) is 9.47 Å². The van der Waals surface area contributed by atoms with Gasteiger partial charge in [0.05, 0.1) is 13.2 Å². The highest BCUT2D eigenvalue weighted by molar-refractivity contribution is 5.95. The fourth-order valence-corrected chi connectivity index (χ4v) is 3.82. The number of imidazole rings is 1. The van der Waals surface area contributed by atoms with E-state index >= 15 is 0 Å².